The van der Waals surface area contributed by atoms with Crippen molar-refractivity contribution in [2.24, 2.45) is 5.92 Å². The molecule has 110 valence electrons. The summed E-state index contributed by atoms with van der Waals surface area (Å²) in [5, 5.41) is 3.42. The van der Waals surface area contributed by atoms with Gasteiger partial charge in [0.2, 0.25) is 0 Å². The summed E-state index contributed by atoms with van der Waals surface area (Å²) in [7, 11) is 0. The van der Waals surface area contributed by atoms with Gasteiger partial charge < -0.3 is 10.1 Å². The Kier molecular flexibility index (Phi) is 4.15. The maximum atomic E-state index is 5.72. The SMILES string of the molecule is CC(C)CNCc1ccnc(C2COc3ccccc32)n1. The lowest BCUT2D eigenvalue weighted by atomic mass is 10.0. The Morgan fingerprint density at radius 1 is 1.29 bits per heavy atom. The molecule has 0 saturated heterocycles. The van der Waals surface area contributed by atoms with E-state index in [2.05, 4.69) is 30.2 Å². The highest BCUT2D eigenvalue weighted by Gasteiger charge is 2.27. The fourth-order valence-corrected chi connectivity index (χ4v) is 2.54. The zero-order valence-electron chi connectivity index (χ0n) is 12.5. The number of rotatable bonds is 5. The second-order valence-corrected chi connectivity index (χ2v) is 5.83. The van der Waals surface area contributed by atoms with Gasteiger partial charge in [0.25, 0.3) is 0 Å². The number of ether oxygens (including phenoxy) is 1. The van der Waals surface area contributed by atoms with Crippen molar-refractivity contribution in [2.45, 2.75) is 26.3 Å². The van der Waals surface area contributed by atoms with Crippen LogP contribution in [-0.2, 0) is 6.54 Å². The lowest BCUT2D eigenvalue weighted by molar-refractivity contribution is 0.339. The van der Waals surface area contributed by atoms with Gasteiger partial charge in [-0.05, 0) is 24.6 Å². The number of hydrogen-bond acceptors (Lipinski definition) is 4. The zero-order chi connectivity index (χ0) is 14.7. The molecule has 0 saturated carbocycles. The molecule has 0 bridgehead atoms. The first-order valence-electron chi connectivity index (χ1n) is 7.48. The molecule has 1 aromatic heterocycles. The van der Waals surface area contributed by atoms with Gasteiger partial charge in [-0.25, -0.2) is 9.97 Å². The van der Waals surface area contributed by atoms with Crippen molar-refractivity contribution in [2.75, 3.05) is 13.2 Å². The first kappa shape index (κ1) is 14.0. The van der Waals surface area contributed by atoms with Crippen molar-refractivity contribution >= 4 is 0 Å². The lowest BCUT2D eigenvalue weighted by Crippen LogP contribution is -2.20. The van der Waals surface area contributed by atoms with Crippen LogP contribution in [0.1, 0.15) is 36.8 Å². The van der Waals surface area contributed by atoms with Crippen LogP contribution in [0.2, 0.25) is 0 Å². The lowest BCUT2D eigenvalue weighted by Gasteiger charge is -2.10. The fraction of sp³-hybridized carbons (Fsp3) is 0.412. The Morgan fingerprint density at radius 2 is 2.14 bits per heavy atom. The first-order chi connectivity index (χ1) is 10.2. The van der Waals surface area contributed by atoms with E-state index >= 15 is 0 Å². The van der Waals surface area contributed by atoms with Crippen LogP contribution < -0.4 is 10.1 Å². The third kappa shape index (κ3) is 3.22. The van der Waals surface area contributed by atoms with Crippen molar-refractivity contribution in [3.8, 4) is 5.75 Å². The van der Waals surface area contributed by atoms with E-state index in [0.29, 0.717) is 12.5 Å². The number of aromatic nitrogens is 2. The van der Waals surface area contributed by atoms with Crippen molar-refractivity contribution in [1.29, 1.82) is 0 Å². The Bertz CT molecular complexity index is 612. The number of benzene rings is 1. The van der Waals surface area contributed by atoms with Gasteiger partial charge in [0.05, 0.1) is 11.6 Å². The summed E-state index contributed by atoms with van der Waals surface area (Å²) < 4.78 is 5.72. The van der Waals surface area contributed by atoms with Crippen LogP contribution in [0.25, 0.3) is 0 Å². The molecule has 1 aliphatic rings. The maximum absolute atomic E-state index is 5.72. The minimum Gasteiger partial charge on any atom is -0.492 e. The summed E-state index contributed by atoms with van der Waals surface area (Å²) in [5.74, 6) is 2.59. The van der Waals surface area contributed by atoms with Crippen molar-refractivity contribution in [3.63, 3.8) is 0 Å². The van der Waals surface area contributed by atoms with Crippen LogP contribution in [-0.4, -0.2) is 23.1 Å². The molecule has 0 spiro atoms. The minimum atomic E-state index is 0.145. The highest BCUT2D eigenvalue weighted by Crippen LogP contribution is 2.36. The summed E-state index contributed by atoms with van der Waals surface area (Å²) in [4.78, 5) is 9.14. The van der Waals surface area contributed by atoms with Crippen LogP contribution in [0.5, 0.6) is 5.75 Å². The number of para-hydroxylation sites is 1. The molecule has 0 radical (unpaired) electrons. The topological polar surface area (TPSA) is 47.0 Å². The second kappa shape index (κ2) is 6.22. The molecule has 4 nitrogen and oxygen atoms in total. The molecule has 1 aliphatic heterocycles. The minimum absolute atomic E-state index is 0.145. The first-order valence-corrected chi connectivity index (χ1v) is 7.48. The molecule has 4 heteroatoms. The van der Waals surface area contributed by atoms with Crippen molar-refractivity contribution in [1.82, 2.24) is 15.3 Å². The van der Waals surface area contributed by atoms with Crippen LogP contribution >= 0.6 is 0 Å². The van der Waals surface area contributed by atoms with Crippen LogP contribution in [0.3, 0.4) is 0 Å². The average Bonchev–Trinajstić information content (AvgIpc) is 2.91. The Morgan fingerprint density at radius 3 is 3.00 bits per heavy atom. The largest absolute Gasteiger partial charge is 0.492 e. The third-order valence-electron chi connectivity index (χ3n) is 3.60. The van der Waals surface area contributed by atoms with E-state index in [1.54, 1.807) is 0 Å². The van der Waals surface area contributed by atoms with E-state index in [-0.39, 0.29) is 5.92 Å². The van der Waals surface area contributed by atoms with E-state index in [9.17, 15) is 0 Å². The summed E-state index contributed by atoms with van der Waals surface area (Å²) in [6.07, 6.45) is 1.84. The molecule has 1 atom stereocenters. The Balaban J connectivity index is 1.75. The molecule has 1 aromatic carbocycles. The standard InChI is InChI=1S/C17H21N3O/c1-12(2)9-18-10-13-7-8-19-17(20-13)15-11-21-16-6-4-3-5-14(15)16/h3-8,12,15,18H,9-11H2,1-2H3. The van der Waals surface area contributed by atoms with Gasteiger partial charge in [0.1, 0.15) is 18.2 Å². The highest BCUT2D eigenvalue weighted by molar-refractivity contribution is 5.42. The van der Waals surface area contributed by atoms with E-state index in [1.165, 1.54) is 5.56 Å². The van der Waals surface area contributed by atoms with E-state index in [0.717, 1.165) is 30.4 Å². The summed E-state index contributed by atoms with van der Waals surface area (Å²) in [6.45, 7) is 6.80. The number of nitrogens with one attached hydrogen (secondary N) is 1. The molecule has 0 aliphatic carbocycles. The van der Waals surface area contributed by atoms with Crippen LogP contribution in [0.4, 0.5) is 0 Å². The third-order valence-corrected chi connectivity index (χ3v) is 3.60. The van der Waals surface area contributed by atoms with Gasteiger partial charge in [-0.3, -0.25) is 0 Å². The van der Waals surface area contributed by atoms with Crippen LogP contribution in [0.15, 0.2) is 36.5 Å². The predicted molar refractivity (Wildman–Crippen MR) is 82.4 cm³/mol. The molecule has 0 amide bonds. The summed E-state index contributed by atoms with van der Waals surface area (Å²) in [5.41, 5.74) is 2.22. The molecule has 2 aromatic rings. The van der Waals surface area contributed by atoms with E-state index in [4.69, 9.17) is 9.72 Å². The van der Waals surface area contributed by atoms with E-state index in [1.807, 2.05) is 30.5 Å². The van der Waals surface area contributed by atoms with Gasteiger partial charge in [-0.1, -0.05) is 32.0 Å². The second-order valence-electron chi connectivity index (χ2n) is 5.83. The Labute approximate surface area is 125 Å². The van der Waals surface area contributed by atoms with E-state index < -0.39 is 0 Å². The monoisotopic (exact) mass is 283 g/mol. The summed E-state index contributed by atoms with van der Waals surface area (Å²) >= 11 is 0. The quantitative estimate of drug-likeness (QED) is 0.916. The molecular formula is C17H21N3O. The smallest absolute Gasteiger partial charge is 0.139 e. The molecule has 1 unspecified atom stereocenters. The van der Waals surface area contributed by atoms with Crippen molar-refractivity contribution in [3.05, 3.63) is 53.6 Å². The molecule has 3 rings (SSSR count). The number of nitrogens with zero attached hydrogens (tertiary/aromatic N) is 2. The molecule has 0 fully saturated rings. The van der Waals surface area contributed by atoms with Gasteiger partial charge in [0.15, 0.2) is 0 Å². The zero-order valence-corrected chi connectivity index (χ0v) is 12.5. The van der Waals surface area contributed by atoms with Gasteiger partial charge in [0, 0.05) is 18.3 Å². The fourth-order valence-electron chi connectivity index (χ4n) is 2.54. The molecular weight excluding hydrogens is 262 g/mol. The average molecular weight is 283 g/mol. The molecule has 2 heterocycles. The normalized spacial score (nSPS) is 16.8. The number of fused-ring (bicyclic) bond motifs is 1. The van der Waals surface area contributed by atoms with Crippen LogP contribution in [0, 0.1) is 5.92 Å². The number of hydrogen-bond donors (Lipinski definition) is 1. The van der Waals surface area contributed by atoms with Gasteiger partial charge in [-0.15, -0.1) is 0 Å². The van der Waals surface area contributed by atoms with Crippen molar-refractivity contribution < 1.29 is 4.74 Å². The molecule has 21 heavy (non-hydrogen) atoms. The predicted octanol–water partition coefficient (Wildman–Crippen LogP) is 2.75. The maximum Gasteiger partial charge on any atom is 0.139 e. The van der Waals surface area contributed by atoms with Gasteiger partial charge >= 0.3 is 0 Å². The molecule has 1 N–H and O–H groups in total. The summed E-state index contributed by atoms with van der Waals surface area (Å²) in [6, 6.07) is 10.1. The highest BCUT2D eigenvalue weighted by atomic mass is 16.5. The Hall–Kier alpha value is -1.94. The van der Waals surface area contributed by atoms with Gasteiger partial charge in [-0.2, -0.15) is 0 Å².